The summed E-state index contributed by atoms with van der Waals surface area (Å²) in [5.74, 6) is -1.74. The van der Waals surface area contributed by atoms with Gasteiger partial charge in [0.1, 0.15) is 25.2 Å². The summed E-state index contributed by atoms with van der Waals surface area (Å²) < 4.78 is 36.5. The van der Waals surface area contributed by atoms with Crippen LogP contribution >= 0.6 is 45.2 Å². The second kappa shape index (κ2) is 8.55. The molecule has 34 heavy (non-hydrogen) atoms. The highest BCUT2D eigenvalue weighted by atomic mass is 127. The summed E-state index contributed by atoms with van der Waals surface area (Å²) in [5.41, 5.74) is 4.22. The molecule has 1 aliphatic rings. The average Bonchev–Trinajstić information content (AvgIpc) is 3.56. The van der Waals surface area contributed by atoms with Crippen molar-refractivity contribution in [3.05, 3.63) is 83.2 Å². The van der Waals surface area contributed by atoms with Crippen LogP contribution in [0.1, 0.15) is 30.7 Å². The van der Waals surface area contributed by atoms with E-state index in [0.717, 1.165) is 40.4 Å². The normalized spacial score (nSPS) is 15.9. The summed E-state index contributed by atoms with van der Waals surface area (Å²) in [4.78, 5) is 9.63. The standard InChI is InChI=1S/C22H15F2I2N7O/c23-12-4-2-5-13(24)17(12)21-29-30-22(34-21)32-8-7-14-18(28-10-27-14)19(32)15-9-11-3-1-6-16(20(25)26)33(11)31-15/h1-6,9-10,19-20H,7-8H2,(H,27,28)/t19-/m1/s1. The molecule has 1 atom stereocenters. The highest BCUT2D eigenvalue weighted by Gasteiger charge is 2.36. The molecule has 5 aromatic rings. The monoisotopic (exact) mass is 685 g/mol. The Labute approximate surface area is 219 Å². The second-order valence-corrected chi connectivity index (χ2v) is 12.6. The van der Waals surface area contributed by atoms with Gasteiger partial charge in [0.25, 0.3) is 5.89 Å². The van der Waals surface area contributed by atoms with E-state index in [9.17, 15) is 8.78 Å². The van der Waals surface area contributed by atoms with Crippen molar-refractivity contribution >= 4 is 56.7 Å². The van der Waals surface area contributed by atoms with E-state index < -0.39 is 17.7 Å². The summed E-state index contributed by atoms with van der Waals surface area (Å²) in [7, 11) is 0. The van der Waals surface area contributed by atoms with Gasteiger partial charge in [0, 0.05) is 18.7 Å². The average molecular weight is 685 g/mol. The zero-order chi connectivity index (χ0) is 23.4. The number of rotatable bonds is 4. The molecular formula is C22H15F2I2N7O. The predicted molar refractivity (Wildman–Crippen MR) is 137 cm³/mol. The Kier molecular flexibility index (Phi) is 5.50. The first-order valence-corrected chi connectivity index (χ1v) is 12.8. The van der Waals surface area contributed by atoms with E-state index in [0.29, 0.717) is 13.0 Å². The van der Waals surface area contributed by atoms with Crippen LogP contribution in [0.2, 0.25) is 0 Å². The largest absolute Gasteiger partial charge is 0.403 e. The molecule has 0 bridgehead atoms. The minimum Gasteiger partial charge on any atom is -0.403 e. The molecule has 0 spiro atoms. The lowest BCUT2D eigenvalue weighted by molar-refractivity contribution is 0.496. The van der Waals surface area contributed by atoms with Crippen LogP contribution in [-0.4, -0.2) is 36.3 Å². The smallest absolute Gasteiger partial charge is 0.319 e. The summed E-state index contributed by atoms with van der Waals surface area (Å²) >= 11 is 4.70. The number of aromatic amines is 1. The van der Waals surface area contributed by atoms with Gasteiger partial charge in [0.2, 0.25) is 0 Å². The van der Waals surface area contributed by atoms with Crippen LogP contribution in [0, 0.1) is 11.6 Å². The quantitative estimate of drug-likeness (QED) is 0.201. The maximum atomic E-state index is 14.3. The Morgan fingerprint density at radius 3 is 2.68 bits per heavy atom. The van der Waals surface area contributed by atoms with Crippen molar-refractivity contribution < 1.29 is 13.2 Å². The number of aromatic nitrogens is 6. The first-order valence-electron chi connectivity index (χ1n) is 10.3. The molecule has 0 amide bonds. The summed E-state index contributed by atoms with van der Waals surface area (Å²) in [6.45, 7) is 0.531. The van der Waals surface area contributed by atoms with E-state index in [-0.39, 0.29) is 19.4 Å². The third-order valence-corrected chi connectivity index (χ3v) is 7.08. The molecule has 1 aromatic carbocycles. The lowest BCUT2D eigenvalue weighted by atomic mass is 10.0. The highest BCUT2D eigenvalue weighted by molar-refractivity contribution is 14.2. The van der Waals surface area contributed by atoms with Crippen LogP contribution in [0.5, 0.6) is 0 Å². The number of anilines is 1. The van der Waals surface area contributed by atoms with Crippen molar-refractivity contribution in [2.24, 2.45) is 0 Å². The Balaban J connectivity index is 1.47. The van der Waals surface area contributed by atoms with Crippen LogP contribution < -0.4 is 4.90 Å². The number of halogens is 4. The summed E-state index contributed by atoms with van der Waals surface area (Å²) in [5, 5.41) is 13.0. The molecule has 0 aliphatic carbocycles. The number of pyridine rings is 1. The first-order chi connectivity index (χ1) is 16.5. The molecule has 12 heteroatoms. The molecule has 1 aliphatic heterocycles. The Morgan fingerprint density at radius 1 is 1.09 bits per heavy atom. The number of nitrogens with zero attached hydrogens (tertiary/aromatic N) is 6. The minimum atomic E-state index is -0.764. The lowest BCUT2D eigenvalue weighted by Crippen LogP contribution is -2.37. The summed E-state index contributed by atoms with van der Waals surface area (Å²) in [6, 6.07) is 11.4. The molecule has 0 unspecified atom stereocenters. The fourth-order valence-corrected chi connectivity index (χ4v) is 5.21. The van der Waals surface area contributed by atoms with Gasteiger partial charge in [-0.3, -0.25) is 0 Å². The van der Waals surface area contributed by atoms with Gasteiger partial charge in [-0.05, 0) is 30.3 Å². The van der Waals surface area contributed by atoms with Gasteiger partial charge in [0.15, 0.2) is 0 Å². The first kappa shape index (κ1) is 21.9. The van der Waals surface area contributed by atoms with Gasteiger partial charge in [-0.25, -0.2) is 18.3 Å². The van der Waals surface area contributed by atoms with Gasteiger partial charge in [0.05, 0.1) is 28.9 Å². The highest BCUT2D eigenvalue weighted by Crippen LogP contribution is 2.38. The van der Waals surface area contributed by atoms with Crippen molar-refractivity contribution in [3.8, 4) is 11.5 Å². The van der Waals surface area contributed by atoms with Crippen molar-refractivity contribution in [2.45, 2.75) is 14.4 Å². The molecule has 0 saturated carbocycles. The zero-order valence-corrected chi connectivity index (χ0v) is 21.6. The van der Waals surface area contributed by atoms with E-state index >= 15 is 0 Å². The maximum Gasteiger partial charge on any atom is 0.319 e. The van der Waals surface area contributed by atoms with Crippen LogP contribution in [-0.2, 0) is 6.42 Å². The van der Waals surface area contributed by atoms with E-state index in [1.165, 1.54) is 6.07 Å². The van der Waals surface area contributed by atoms with Crippen molar-refractivity contribution in [1.82, 2.24) is 29.8 Å². The van der Waals surface area contributed by atoms with E-state index in [2.05, 4.69) is 65.3 Å². The number of fused-ring (bicyclic) bond motifs is 2. The van der Waals surface area contributed by atoms with E-state index in [4.69, 9.17) is 9.52 Å². The topological polar surface area (TPSA) is 88.1 Å². The van der Waals surface area contributed by atoms with E-state index in [1.54, 1.807) is 6.33 Å². The molecular weight excluding hydrogens is 670 g/mol. The van der Waals surface area contributed by atoms with Gasteiger partial charge in [-0.2, -0.15) is 5.10 Å². The van der Waals surface area contributed by atoms with Crippen LogP contribution in [0.15, 0.2) is 53.2 Å². The fourth-order valence-electron chi connectivity index (χ4n) is 4.27. The van der Waals surface area contributed by atoms with E-state index in [1.807, 2.05) is 33.7 Å². The Bertz CT molecular complexity index is 1490. The number of benzene rings is 1. The molecule has 0 fully saturated rings. The van der Waals surface area contributed by atoms with Crippen molar-refractivity contribution in [1.29, 1.82) is 0 Å². The number of imidazole rings is 1. The van der Waals surface area contributed by atoms with Gasteiger partial charge < -0.3 is 14.3 Å². The molecule has 172 valence electrons. The third-order valence-electron chi connectivity index (χ3n) is 5.80. The van der Waals surface area contributed by atoms with Crippen LogP contribution in [0.3, 0.4) is 0 Å². The molecule has 6 rings (SSSR count). The second-order valence-electron chi connectivity index (χ2n) is 7.76. The summed E-state index contributed by atoms with van der Waals surface area (Å²) in [6.07, 6.45) is 2.32. The molecule has 1 N–H and O–H groups in total. The third kappa shape index (κ3) is 3.57. The number of alkyl halides is 2. The maximum absolute atomic E-state index is 14.3. The number of hydrogen-bond donors (Lipinski definition) is 1. The van der Waals surface area contributed by atoms with Gasteiger partial charge >= 0.3 is 6.01 Å². The van der Waals surface area contributed by atoms with Gasteiger partial charge in [-0.1, -0.05) is 62.4 Å². The predicted octanol–water partition coefficient (Wildman–Crippen LogP) is 5.41. The molecule has 0 saturated heterocycles. The SMILES string of the molecule is Fc1cccc(F)c1-c1nnc(N2CCc3[nH]cnc3[C@H]2c2cc3cccc(C(I)I)n3n2)o1. The molecule has 5 heterocycles. The minimum absolute atomic E-state index is 0.147. The van der Waals surface area contributed by atoms with Crippen LogP contribution in [0.4, 0.5) is 14.8 Å². The number of hydrogen-bond acceptors (Lipinski definition) is 6. The number of nitrogens with one attached hydrogen (secondary N) is 1. The van der Waals surface area contributed by atoms with Gasteiger partial charge in [-0.15, -0.1) is 5.10 Å². The lowest BCUT2D eigenvalue weighted by Gasteiger charge is -2.32. The molecule has 4 aromatic heterocycles. The fraction of sp³-hybridized carbons (Fsp3) is 0.182. The van der Waals surface area contributed by atoms with Crippen LogP contribution in [0.25, 0.3) is 17.0 Å². The number of H-pyrrole nitrogens is 1. The Hall–Kier alpha value is -2.62. The molecule has 8 nitrogen and oxygen atoms in total. The zero-order valence-electron chi connectivity index (χ0n) is 17.3. The Morgan fingerprint density at radius 2 is 1.88 bits per heavy atom. The van der Waals surface area contributed by atoms with Crippen molar-refractivity contribution in [2.75, 3.05) is 11.4 Å². The molecule has 0 radical (unpaired) electrons. The van der Waals surface area contributed by atoms with Crippen molar-refractivity contribution in [3.63, 3.8) is 0 Å².